The van der Waals surface area contributed by atoms with Crippen LogP contribution in [0.15, 0.2) is 0 Å². The van der Waals surface area contributed by atoms with Crippen molar-refractivity contribution in [3.63, 3.8) is 0 Å². The molecule has 0 aromatic rings. The van der Waals surface area contributed by atoms with E-state index in [1.54, 1.807) is 6.92 Å². The van der Waals surface area contributed by atoms with E-state index in [-0.39, 0.29) is 12.2 Å². The van der Waals surface area contributed by atoms with Crippen LogP contribution in [-0.4, -0.2) is 29.2 Å². The summed E-state index contributed by atoms with van der Waals surface area (Å²) < 4.78 is 11.3. The van der Waals surface area contributed by atoms with E-state index >= 15 is 0 Å². The lowest BCUT2D eigenvalue weighted by atomic mass is 10.0. The van der Waals surface area contributed by atoms with Gasteiger partial charge < -0.3 is 14.6 Å². The van der Waals surface area contributed by atoms with Crippen LogP contribution in [0.2, 0.25) is 0 Å². The van der Waals surface area contributed by atoms with Crippen molar-refractivity contribution < 1.29 is 14.6 Å². The Kier molecular flexibility index (Phi) is 1.90. The zero-order chi connectivity index (χ0) is 8.77. The van der Waals surface area contributed by atoms with Gasteiger partial charge in [0.1, 0.15) is 6.10 Å². The molecule has 2 rings (SSSR count). The van der Waals surface area contributed by atoms with Crippen molar-refractivity contribution in [1.82, 2.24) is 0 Å². The minimum atomic E-state index is -0.421. The molecule has 2 bridgehead atoms. The number of aliphatic hydroxyl groups is 1. The van der Waals surface area contributed by atoms with E-state index < -0.39 is 11.9 Å². The zero-order valence-electron chi connectivity index (χ0n) is 7.62. The highest BCUT2D eigenvalue weighted by Crippen LogP contribution is 2.40. The summed E-state index contributed by atoms with van der Waals surface area (Å²) in [5.74, 6) is -0.412. The summed E-state index contributed by atoms with van der Waals surface area (Å²) in [6, 6.07) is 0. The van der Waals surface area contributed by atoms with Crippen molar-refractivity contribution in [2.75, 3.05) is 0 Å². The fraction of sp³-hybridized carbons (Fsp3) is 1.00. The highest BCUT2D eigenvalue weighted by molar-refractivity contribution is 4.90. The van der Waals surface area contributed by atoms with E-state index in [2.05, 4.69) is 0 Å². The van der Waals surface area contributed by atoms with Crippen molar-refractivity contribution in [2.45, 2.75) is 57.2 Å². The van der Waals surface area contributed by atoms with E-state index in [1.165, 1.54) is 0 Å². The highest BCUT2D eigenvalue weighted by Gasteiger charge is 2.48. The molecule has 1 N–H and O–H groups in total. The summed E-state index contributed by atoms with van der Waals surface area (Å²) in [7, 11) is 0. The van der Waals surface area contributed by atoms with Crippen LogP contribution in [0, 0.1) is 0 Å². The average molecular weight is 172 g/mol. The summed E-state index contributed by atoms with van der Waals surface area (Å²) in [6.07, 6.45) is 2.69. The van der Waals surface area contributed by atoms with Gasteiger partial charge in [-0.25, -0.2) is 0 Å². The van der Waals surface area contributed by atoms with E-state index in [0.29, 0.717) is 0 Å². The van der Waals surface area contributed by atoms with E-state index in [9.17, 15) is 5.11 Å². The summed E-state index contributed by atoms with van der Waals surface area (Å²) in [4.78, 5) is 0. The Labute approximate surface area is 72.7 Å². The molecular weight excluding hydrogens is 156 g/mol. The maximum atomic E-state index is 9.41. The Balaban J connectivity index is 2.12. The lowest BCUT2D eigenvalue weighted by molar-refractivity contribution is -0.183. The molecule has 0 amide bonds. The molecule has 0 unspecified atom stereocenters. The molecule has 3 nitrogen and oxygen atoms in total. The Bertz CT molecular complexity index is 181. The summed E-state index contributed by atoms with van der Waals surface area (Å²) >= 11 is 0. The smallest absolute Gasteiger partial charge is 0.166 e. The van der Waals surface area contributed by atoms with Gasteiger partial charge in [-0.1, -0.05) is 0 Å². The summed E-state index contributed by atoms with van der Waals surface area (Å²) in [5.41, 5.74) is 0. The van der Waals surface area contributed by atoms with Crippen LogP contribution < -0.4 is 0 Å². The van der Waals surface area contributed by atoms with Gasteiger partial charge in [0, 0.05) is 6.42 Å². The molecule has 2 aliphatic heterocycles. The number of hydrogen-bond donors (Lipinski definition) is 1. The lowest BCUT2D eigenvalue weighted by Gasteiger charge is -2.26. The van der Waals surface area contributed by atoms with Gasteiger partial charge in [0.25, 0.3) is 0 Å². The molecule has 3 heteroatoms. The predicted molar refractivity (Wildman–Crippen MR) is 43.7 cm³/mol. The van der Waals surface area contributed by atoms with Gasteiger partial charge in [0.2, 0.25) is 0 Å². The molecule has 0 saturated carbocycles. The van der Waals surface area contributed by atoms with Crippen molar-refractivity contribution in [2.24, 2.45) is 0 Å². The maximum absolute atomic E-state index is 9.41. The quantitative estimate of drug-likeness (QED) is 0.642. The minimum Gasteiger partial charge on any atom is -0.391 e. The fourth-order valence-corrected chi connectivity index (χ4v) is 2.15. The van der Waals surface area contributed by atoms with E-state index in [0.717, 1.165) is 19.3 Å². The lowest BCUT2D eigenvalue weighted by Crippen LogP contribution is -2.32. The Morgan fingerprint density at radius 3 is 2.83 bits per heavy atom. The molecule has 2 heterocycles. The van der Waals surface area contributed by atoms with Crippen LogP contribution >= 0.6 is 0 Å². The third-order valence-corrected chi connectivity index (χ3v) is 2.75. The Morgan fingerprint density at radius 1 is 1.50 bits per heavy atom. The molecule has 0 aliphatic carbocycles. The molecule has 2 fully saturated rings. The van der Waals surface area contributed by atoms with Gasteiger partial charge in [0.15, 0.2) is 5.79 Å². The molecule has 0 radical (unpaired) electrons. The third kappa shape index (κ3) is 1.26. The second-order valence-electron chi connectivity index (χ2n) is 4.01. The molecule has 12 heavy (non-hydrogen) atoms. The van der Waals surface area contributed by atoms with Crippen LogP contribution in [-0.2, 0) is 9.47 Å². The van der Waals surface area contributed by atoms with Crippen molar-refractivity contribution in [1.29, 1.82) is 0 Å². The van der Waals surface area contributed by atoms with Crippen LogP contribution in [0.3, 0.4) is 0 Å². The number of hydrogen-bond acceptors (Lipinski definition) is 3. The number of fused-ring (bicyclic) bond motifs is 2. The summed E-state index contributed by atoms with van der Waals surface area (Å²) in [5, 5.41) is 9.41. The molecular formula is C9H16O3. The molecule has 2 saturated heterocycles. The predicted octanol–water partition coefficient (Wildman–Crippen LogP) is 1.05. The standard InChI is InChI=1S/C9H16O3/c1-6(10)8-7-4-3-5-9(2,11-7)12-8/h6-8,10H,3-5H2,1-2H3/t6-,7+,8-,9-/m1/s1. The number of rotatable bonds is 1. The molecule has 70 valence electrons. The summed E-state index contributed by atoms with van der Waals surface area (Å²) in [6.45, 7) is 3.72. The van der Waals surface area contributed by atoms with Gasteiger partial charge in [0.05, 0.1) is 12.2 Å². The fourth-order valence-electron chi connectivity index (χ4n) is 2.15. The van der Waals surface area contributed by atoms with Crippen LogP contribution in [0.5, 0.6) is 0 Å². The first-order valence-electron chi connectivity index (χ1n) is 4.64. The molecule has 0 spiro atoms. The van der Waals surface area contributed by atoms with Crippen LogP contribution in [0.25, 0.3) is 0 Å². The van der Waals surface area contributed by atoms with Crippen molar-refractivity contribution >= 4 is 0 Å². The third-order valence-electron chi connectivity index (χ3n) is 2.75. The largest absolute Gasteiger partial charge is 0.391 e. The topological polar surface area (TPSA) is 38.7 Å². The average Bonchev–Trinajstić information content (AvgIpc) is 2.22. The van der Waals surface area contributed by atoms with Gasteiger partial charge in [-0.15, -0.1) is 0 Å². The number of ether oxygens (including phenoxy) is 2. The molecule has 0 aromatic carbocycles. The second kappa shape index (κ2) is 2.69. The van der Waals surface area contributed by atoms with Gasteiger partial charge >= 0.3 is 0 Å². The van der Waals surface area contributed by atoms with Crippen molar-refractivity contribution in [3.8, 4) is 0 Å². The Hall–Kier alpha value is -0.120. The minimum absolute atomic E-state index is 0.113. The van der Waals surface area contributed by atoms with Gasteiger partial charge in [-0.05, 0) is 26.7 Å². The number of aliphatic hydroxyl groups excluding tert-OH is 1. The maximum Gasteiger partial charge on any atom is 0.166 e. The molecule has 4 atom stereocenters. The molecule has 0 aromatic heterocycles. The monoisotopic (exact) mass is 172 g/mol. The van der Waals surface area contributed by atoms with Gasteiger partial charge in [-0.2, -0.15) is 0 Å². The molecule has 2 aliphatic rings. The highest BCUT2D eigenvalue weighted by atomic mass is 16.8. The van der Waals surface area contributed by atoms with Crippen molar-refractivity contribution in [3.05, 3.63) is 0 Å². The van der Waals surface area contributed by atoms with E-state index in [4.69, 9.17) is 9.47 Å². The first-order chi connectivity index (χ1) is 5.61. The van der Waals surface area contributed by atoms with Crippen LogP contribution in [0.1, 0.15) is 33.1 Å². The van der Waals surface area contributed by atoms with E-state index in [1.807, 2.05) is 6.92 Å². The SMILES string of the molecule is C[C@@H](O)[C@H]1O[C@]2(C)CCC[C@@H]1O2. The second-order valence-corrected chi connectivity index (χ2v) is 4.01. The normalized spacial score (nSPS) is 49.2. The van der Waals surface area contributed by atoms with Crippen LogP contribution in [0.4, 0.5) is 0 Å². The first-order valence-corrected chi connectivity index (χ1v) is 4.64. The van der Waals surface area contributed by atoms with Gasteiger partial charge in [-0.3, -0.25) is 0 Å². The first kappa shape index (κ1) is 8.48. The Morgan fingerprint density at radius 2 is 2.25 bits per heavy atom. The zero-order valence-corrected chi connectivity index (χ0v) is 7.62.